The van der Waals surface area contributed by atoms with Gasteiger partial charge in [-0.3, -0.25) is 14.9 Å². The fraction of sp³-hybridized carbons (Fsp3) is 0.211. The molecule has 1 amide bonds. The number of alkyl halides is 3. The molecule has 6 nitrogen and oxygen atoms in total. The summed E-state index contributed by atoms with van der Waals surface area (Å²) in [5.41, 5.74) is -0.887. The molecule has 0 saturated carbocycles. The van der Waals surface area contributed by atoms with Gasteiger partial charge in [0.1, 0.15) is 11.3 Å². The Labute approximate surface area is 179 Å². The van der Waals surface area contributed by atoms with E-state index in [0.717, 1.165) is 17.7 Å². The molecule has 0 fully saturated rings. The molecule has 11 heteroatoms. The van der Waals surface area contributed by atoms with Crippen molar-refractivity contribution < 1.29 is 27.6 Å². The lowest BCUT2D eigenvalue weighted by Crippen LogP contribution is -2.24. The van der Waals surface area contributed by atoms with Gasteiger partial charge in [0.2, 0.25) is 0 Å². The van der Waals surface area contributed by atoms with E-state index in [2.05, 4.69) is 5.32 Å². The van der Waals surface area contributed by atoms with Crippen molar-refractivity contribution in [2.45, 2.75) is 20.0 Å². The lowest BCUT2D eigenvalue weighted by molar-refractivity contribution is -0.385. The quantitative estimate of drug-likeness (QED) is 0.305. The molecule has 0 aliphatic rings. The number of carbonyl (C=O) groups excluding carboxylic acids is 1. The van der Waals surface area contributed by atoms with E-state index in [-0.39, 0.29) is 23.6 Å². The maximum Gasteiger partial charge on any atom is 0.416 e. The highest BCUT2D eigenvalue weighted by Crippen LogP contribution is 2.42. The molecule has 0 radical (unpaired) electrons. The first-order valence-corrected chi connectivity index (χ1v) is 9.10. The molecule has 0 aromatic heterocycles. The molecule has 2 aromatic carbocycles. The van der Waals surface area contributed by atoms with Crippen molar-refractivity contribution in [3.8, 4) is 11.5 Å². The fourth-order valence-electron chi connectivity index (χ4n) is 2.30. The number of amides is 1. The van der Waals surface area contributed by atoms with Gasteiger partial charge in [-0.2, -0.15) is 13.2 Å². The number of ether oxygens (including phenoxy) is 1. The number of halogens is 5. The minimum atomic E-state index is -4.66. The number of nitrogens with zero attached hydrogens (tertiary/aromatic N) is 1. The molecule has 30 heavy (non-hydrogen) atoms. The molecule has 0 saturated heterocycles. The average molecular weight is 463 g/mol. The third-order valence-electron chi connectivity index (χ3n) is 3.73. The van der Waals surface area contributed by atoms with Crippen molar-refractivity contribution in [3.63, 3.8) is 0 Å². The molecule has 0 heterocycles. The van der Waals surface area contributed by atoms with Crippen molar-refractivity contribution >= 4 is 34.8 Å². The van der Waals surface area contributed by atoms with Crippen LogP contribution in [0, 0.1) is 10.1 Å². The molecular formula is C19H15Cl2F3N2O4. The first-order valence-electron chi connectivity index (χ1n) is 8.34. The Morgan fingerprint density at radius 2 is 1.80 bits per heavy atom. The van der Waals surface area contributed by atoms with Crippen molar-refractivity contribution in [3.05, 3.63) is 73.3 Å². The van der Waals surface area contributed by atoms with Gasteiger partial charge in [-0.15, -0.1) is 0 Å². The lowest BCUT2D eigenvalue weighted by Gasteiger charge is -2.14. The summed E-state index contributed by atoms with van der Waals surface area (Å²) in [6.07, 6.45) is -2.94. The first-order chi connectivity index (χ1) is 13.9. The van der Waals surface area contributed by atoms with E-state index in [1.165, 1.54) is 6.07 Å². The summed E-state index contributed by atoms with van der Waals surface area (Å²) in [6.45, 7) is 3.79. The van der Waals surface area contributed by atoms with Gasteiger partial charge in [-0.25, -0.2) is 0 Å². The maximum atomic E-state index is 12.8. The van der Waals surface area contributed by atoms with Crippen LogP contribution in [0.5, 0.6) is 11.5 Å². The number of hydrogen-bond donors (Lipinski definition) is 1. The zero-order valence-electron chi connectivity index (χ0n) is 15.6. The van der Waals surface area contributed by atoms with E-state index in [9.17, 15) is 28.1 Å². The summed E-state index contributed by atoms with van der Waals surface area (Å²) in [5.74, 6) is -1.08. The third kappa shape index (κ3) is 5.87. The van der Waals surface area contributed by atoms with E-state index in [1.54, 1.807) is 6.08 Å². The van der Waals surface area contributed by atoms with E-state index in [4.69, 9.17) is 27.9 Å². The largest absolute Gasteiger partial charge is 0.454 e. The Hall–Kier alpha value is -2.78. The predicted octanol–water partition coefficient (Wildman–Crippen LogP) is 6.41. The van der Waals surface area contributed by atoms with Crippen LogP contribution in [0.2, 0.25) is 10.0 Å². The molecule has 0 aliphatic heterocycles. The van der Waals surface area contributed by atoms with E-state index in [0.29, 0.717) is 12.1 Å². The molecule has 160 valence electrons. The summed E-state index contributed by atoms with van der Waals surface area (Å²) < 4.78 is 44.0. The normalized spacial score (nSPS) is 11.0. The maximum absolute atomic E-state index is 12.8. The van der Waals surface area contributed by atoms with Crippen molar-refractivity contribution in [1.82, 2.24) is 5.32 Å². The van der Waals surface area contributed by atoms with Gasteiger partial charge in [0.25, 0.3) is 11.6 Å². The number of allylic oxidation sites excluding steroid dienone is 1. The van der Waals surface area contributed by atoms with Crippen LogP contribution in [-0.4, -0.2) is 17.4 Å². The Kier molecular flexibility index (Phi) is 7.33. The van der Waals surface area contributed by atoms with Crippen LogP contribution < -0.4 is 10.1 Å². The minimum absolute atomic E-state index is 0.0727. The van der Waals surface area contributed by atoms with Crippen LogP contribution in [-0.2, 0) is 6.18 Å². The number of nitrogens with one attached hydrogen (secondary N) is 1. The van der Waals surface area contributed by atoms with Crippen LogP contribution in [0.1, 0.15) is 29.8 Å². The van der Waals surface area contributed by atoms with E-state index >= 15 is 0 Å². The van der Waals surface area contributed by atoms with Crippen molar-refractivity contribution in [2.24, 2.45) is 0 Å². The molecule has 2 aromatic rings. The predicted molar refractivity (Wildman–Crippen MR) is 106 cm³/mol. The second-order valence-electron chi connectivity index (χ2n) is 6.30. The Bertz CT molecular complexity index is 996. The number of nitro groups is 1. The third-order valence-corrected chi connectivity index (χ3v) is 4.29. The van der Waals surface area contributed by atoms with Crippen molar-refractivity contribution in [2.75, 3.05) is 6.54 Å². The van der Waals surface area contributed by atoms with Gasteiger partial charge < -0.3 is 10.1 Å². The topological polar surface area (TPSA) is 81.5 Å². The van der Waals surface area contributed by atoms with E-state index in [1.807, 2.05) is 13.8 Å². The fourth-order valence-corrected chi connectivity index (χ4v) is 2.87. The Balaban J connectivity index is 2.39. The highest BCUT2D eigenvalue weighted by atomic mass is 35.5. The molecule has 0 atom stereocenters. The van der Waals surface area contributed by atoms with Gasteiger partial charge in [0.05, 0.1) is 20.5 Å². The smallest absolute Gasteiger partial charge is 0.416 e. The van der Waals surface area contributed by atoms with Crippen molar-refractivity contribution in [1.29, 1.82) is 0 Å². The number of rotatable bonds is 6. The highest BCUT2D eigenvalue weighted by Gasteiger charge is 2.32. The van der Waals surface area contributed by atoms with Crippen LogP contribution in [0.3, 0.4) is 0 Å². The molecule has 2 rings (SSSR count). The van der Waals surface area contributed by atoms with Crippen LogP contribution in [0.15, 0.2) is 42.0 Å². The number of hydrogen-bond acceptors (Lipinski definition) is 4. The number of carbonyl (C=O) groups is 1. The van der Waals surface area contributed by atoms with Gasteiger partial charge in [0.15, 0.2) is 5.75 Å². The Morgan fingerprint density at radius 1 is 1.20 bits per heavy atom. The first kappa shape index (κ1) is 23.5. The minimum Gasteiger partial charge on any atom is -0.454 e. The summed E-state index contributed by atoms with van der Waals surface area (Å²) in [4.78, 5) is 22.9. The van der Waals surface area contributed by atoms with Crippen LogP contribution in [0.25, 0.3) is 0 Å². The lowest BCUT2D eigenvalue weighted by atomic mass is 10.1. The van der Waals surface area contributed by atoms with Gasteiger partial charge in [0, 0.05) is 18.7 Å². The standard InChI is InChI=1S/C19H15Cl2F3N2O4/c1-10(2)5-6-25-18(27)13-9-12(3-4-16(13)26(28)29)30-17-14(20)7-11(8-15(17)21)19(22,23)24/h3-5,7-9H,6H2,1-2H3,(H,25,27). The van der Waals surface area contributed by atoms with E-state index < -0.39 is 38.3 Å². The summed E-state index contributed by atoms with van der Waals surface area (Å²) in [6, 6.07) is 4.58. The Morgan fingerprint density at radius 3 is 2.30 bits per heavy atom. The summed E-state index contributed by atoms with van der Waals surface area (Å²) in [5, 5.41) is 12.9. The van der Waals surface area contributed by atoms with Crippen LogP contribution >= 0.6 is 23.2 Å². The zero-order valence-corrected chi connectivity index (χ0v) is 17.2. The summed E-state index contributed by atoms with van der Waals surface area (Å²) >= 11 is 11.7. The molecule has 0 spiro atoms. The zero-order chi connectivity index (χ0) is 22.6. The monoisotopic (exact) mass is 462 g/mol. The highest BCUT2D eigenvalue weighted by molar-refractivity contribution is 6.37. The SMILES string of the molecule is CC(C)=CCNC(=O)c1cc(Oc2c(Cl)cc(C(F)(F)F)cc2Cl)ccc1[N+](=O)[O-]. The van der Waals surface area contributed by atoms with Crippen LogP contribution in [0.4, 0.5) is 18.9 Å². The van der Waals surface area contributed by atoms with Gasteiger partial charge >= 0.3 is 6.18 Å². The number of nitro benzene ring substituents is 1. The number of benzene rings is 2. The second-order valence-corrected chi connectivity index (χ2v) is 7.11. The molecule has 0 aliphatic carbocycles. The summed E-state index contributed by atoms with van der Waals surface area (Å²) in [7, 11) is 0. The molecule has 1 N–H and O–H groups in total. The van der Waals surface area contributed by atoms with Gasteiger partial charge in [-0.1, -0.05) is 34.9 Å². The average Bonchev–Trinajstić information content (AvgIpc) is 2.63. The van der Waals surface area contributed by atoms with Gasteiger partial charge in [-0.05, 0) is 32.0 Å². The molecule has 0 unspecified atom stereocenters. The molecular weight excluding hydrogens is 448 g/mol. The second kappa shape index (κ2) is 9.36. The molecule has 0 bridgehead atoms.